The predicted octanol–water partition coefficient (Wildman–Crippen LogP) is 2.63. The molecule has 0 aliphatic carbocycles. The first-order chi connectivity index (χ1) is 7.04. The Balaban J connectivity index is 3.05. The van der Waals surface area contributed by atoms with Gasteiger partial charge in [0.2, 0.25) is 0 Å². The van der Waals surface area contributed by atoms with Crippen LogP contribution in [0.4, 0.5) is 17.6 Å². The van der Waals surface area contributed by atoms with Crippen molar-refractivity contribution >= 4 is 0 Å². The second kappa shape index (κ2) is 4.64. The largest absolute Gasteiger partial charge is 0.429 e. The van der Waals surface area contributed by atoms with Gasteiger partial charge in [0.15, 0.2) is 17.4 Å². The molecule has 0 aliphatic heterocycles. The number of nitriles is 1. The van der Waals surface area contributed by atoms with Crippen LogP contribution in [0.1, 0.15) is 5.56 Å². The van der Waals surface area contributed by atoms with Gasteiger partial charge in [-0.1, -0.05) is 0 Å². The van der Waals surface area contributed by atoms with Crippen LogP contribution in [0.5, 0.6) is 5.75 Å². The van der Waals surface area contributed by atoms with E-state index in [1.807, 2.05) is 0 Å². The van der Waals surface area contributed by atoms with E-state index in [1.54, 1.807) is 6.07 Å². The molecule has 1 aromatic rings. The Morgan fingerprint density at radius 2 is 1.80 bits per heavy atom. The van der Waals surface area contributed by atoms with Crippen molar-refractivity contribution in [2.45, 2.75) is 13.0 Å². The third-order valence-electron chi connectivity index (χ3n) is 1.55. The molecular weight excluding hydrogens is 214 g/mol. The molecule has 0 radical (unpaired) electrons. The molecule has 80 valence electrons. The van der Waals surface area contributed by atoms with Crippen molar-refractivity contribution in [3.63, 3.8) is 0 Å². The molecule has 0 aromatic heterocycles. The van der Waals surface area contributed by atoms with Gasteiger partial charge in [-0.3, -0.25) is 0 Å². The van der Waals surface area contributed by atoms with Crippen LogP contribution in [0.25, 0.3) is 0 Å². The summed E-state index contributed by atoms with van der Waals surface area (Å²) in [5, 5.41) is 8.27. The zero-order valence-corrected chi connectivity index (χ0v) is 7.31. The summed E-state index contributed by atoms with van der Waals surface area (Å²) in [6, 6.07) is 3.24. The molecule has 1 aromatic carbocycles. The first-order valence-corrected chi connectivity index (χ1v) is 3.84. The van der Waals surface area contributed by atoms with Crippen molar-refractivity contribution in [2.24, 2.45) is 0 Å². The minimum atomic E-state index is -3.30. The molecule has 0 saturated heterocycles. The quantitative estimate of drug-likeness (QED) is 0.732. The standard InChI is InChI=1S/C9H5F4NO/c10-6-3-5(1-2-14)4-7(11)8(6)15-9(12)13/h3-4,9H,1H2. The van der Waals surface area contributed by atoms with E-state index in [9.17, 15) is 17.6 Å². The number of hydrogen-bond acceptors (Lipinski definition) is 2. The fourth-order valence-corrected chi connectivity index (χ4v) is 1.01. The maximum atomic E-state index is 13.0. The monoisotopic (exact) mass is 219 g/mol. The molecule has 0 unspecified atom stereocenters. The van der Waals surface area contributed by atoms with Gasteiger partial charge in [-0.2, -0.15) is 14.0 Å². The van der Waals surface area contributed by atoms with Crippen LogP contribution in [0.3, 0.4) is 0 Å². The average molecular weight is 219 g/mol. The van der Waals surface area contributed by atoms with Crippen LogP contribution in [-0.4, -0.2) is 6.61 Å². The van der Waals surface area contributed by atoms with Gasteiger partial charge in [-0.25, -0.2) is 8.78 Å². The van der Waals surface area contributed by atoms with E-state index in [0.29, 0.717) is 0 Å². The molecular formula is C9H5F4NO. The van der Waals surface area contributed by atoms with Gasteiger partial charge in [-0.05, 0) is 17.7 Å². The van der Waals surface area contributed by atoms with Crippen molar-refractivity contribution in [1.29, 1.82) is 5.26 Å². The highest BCUT2D eigenvalue weighted by Crippen LogP contribution is 2.25. The van der Waals surface area contributed by atoms with Gasteiger partial charge in [0.05, 0.1) is 12.5 Å². The highest BCUT2D eigenvalue weighted by molar-refractivity contribution is 5.32. The fourth-order valence-electron chi connectivity index (χ4n) is 1.01. The normalized spacial score (nSPS) is 10.1. The lowest BCUT2D eigenvalue weighted by Gasteiger charge is -2.07. The smallest absolute Gasteiger partial charge is 0.387 e. The summed E-state index contributed by atoms with van der Waals surface area (Å²) >= 11 is 0. The maximum Gasteiger partial charge on any atom is 0.387 e. The van der Waals surface area contributed by atoms with Crippen LogP contribution >= 0.6 is 0 Å². The van der Waals surface area contributed by atoms with Crippen LogP contribution in [0, 0.1) is 23.0 Å². The van der Waals surface area contributed by atoms with Crippen molar-refractivity contribution in [1.82, 2.24) is 0 Å². The molecule has 0 heterocycles. The van der Waals surface area contributed by atoms with E-state index in [-0.39, 0.29) is 12.0 Å². The molecule has 6 heteroatoms. The van der Waals surface area contributed by atoms with E-state index in [1.165, 1.54) is 0 Å². The Bertz CT molecular complexity index is 377. The van der Waals surface area contributed by atoms with Crippen molar-refractivity contribution in [3.05, 3.63) is 29.3 Å². The average Bonchev–Trinajstić information content (AvgIpc) is 2.11. The van der Waals surface area contributed by atoms with Crippen LogP contribution < -0.4 is 4.74 Å². The molecule has 0 amide bonds. The number of halogens is 4. The van der Waals surface area contributed by atoms with Gasteiger partial charge in [0.1, 0.15) is 0 Å². The minimum absolute atomic E-state index is 0.0640. The summed E-state index contributed by atoms with van der Waals surface area (Å²) in [6.45, 7) is -3.30. The van der Waals surface area contributed by atoms with E-state index in [0.717, 1.165) is 12.1 Å². The Morgan fingerprint density at radius 1 is 1.27 bits per heavy atom. The summed E-state index contributed by atoms with van der Waals surface area (Å²) in [5.74, 6) is -3.63. The minimum Gasteiger partial charge on any atom is -0.429 e. The maximum absolute atomic E-state index is 13.0. The van der Waals surface area contributed by atoms with E-state index in [2.05, 4.69) is 4.74 Å². The van der Waals surface area contributed by atoms with E-state index < -0.39 is 24.0 Å². The van der Waals surface area contributed by atoms with Crippen LogP contribution in [-0.2, 0) is 6.42 Å². The number of alkyl halides is 2. The van der Waals surface area contributed by atoms with Gasteiger partial charge in [0.25, 0.3) is 0 Å². The Labute approximate surface area is 82.7 Å². The molecule has 15 heavy (non-hydrogen) atoms. The lowest BCUT2D eigenvalue weighted by atomic mass is 10.1. The Kier molecular flexibility index (Phi) is 3.50. The van der Waals surface area contributed by atoms with E-state index in [4.69, 9.17) is 5.26 Å². The lowest BCUT2D eigenvalue weighted by Crippen LogP contribution is -2.06. The van der Waals surface area contributed by atoms with E-state index >= 15 is 0 Å². The van der Waals surface area contributed by atoms with Crippen LogP contribution in [0.2, 0.25) is 0 Å². The third-order valence-corrected chi connectivity index (χ3v) is 1.55. The van der Waals surface area contributed by atoms with Crippen molar-refractivity contribution in [2.75, 3.05) is 0 Å². The summed E-state index contributed by atoms with van der Waals surface area (Å²) in [6.07, 6.45) is -0.206. The number of ether oxygens (including phenoxy) is 1. The lowest BCUT2D eigenvalue weighted by molar-refractivity contribution is -0.0546. The third kappa shape index (κ3) is 2.84. The molecule has 0 bridgehead atoms. The molecule has 0 spiro atoms. The summed E-state index contributed by atoms with van der Waals surface area (Å²) in [4.78, 5) is 0. The summed E-state index contributed by atoms with van der Waals surface area (Å²) in [7, 11) is 0. The second-order valence-corrected chi connectivity index (χ2v) is 2.60. The summed E-state index contributed by atoms with van der Waals surface area (Å²) in [5.41, 5.74) is 0.0640. The first-order valence-electron chi connectivity index (χ1n) is 3.84. The predicted molar refractivity (Wildman–Crippen MR) is 42.3 cm³/mol. The molecule has 1 rings (SSSR count). The zero-order valence-electron chi connectivity index (χ0n) is 7.31. The van der Waals surface area contributed by atoms with Gasteiger partial charge >= 0.3 is 6.61 Å². The summed E-state index contributed by atoms with van der Waals surface area (Å²) < 4.78 is 53.1. The van der Waals surface area contributed by atoms with Crippen molar-refractivity contribution in [3.8, 4) is 11.8 Å². The molecule has 0 aliphatic rings. The van der Waals surface area contributed by atoms with Gasteiger partial charge < -0.3 is 4.74 Å². The SMILES string of the molecule is N#CCc1cc(F)c(OC(F)F)c(F)c1. The first kappa shape index (κ1) is 11.3. The zero-order chi connectivity index (χ0) is 11.4. The molecule has 0 fully saturated rings. The Morgan fingerprint density at radius 3 is 2.20 bits per heavy atom. The molecule has 2 nitrogen and oxygen atoms in total. The number of hydrogen-bond donors (Lipinski definition) is 0. The molecule has 0 saturated carbocycles. The topological polar surface area (TPSA) is 33.0 Å². The number of nitrogens with zero attached hydrogens (tertiary/aromatic N) is 1. The van der Waals surface area contributed by atoms with Crippen LogP contribution in [0.15, 0.2) is 12.1 Å². The number of benzene rings is 1. The van der Waals surface area contributed by atoms with Crippen molar-refractivity contribution < 1.29 is 22.3 Å². The molecule has 0 N–H and O–H groups in total. The van der Waals surface area contributed by atoms with Gasteiger partial charge in [-0.15, -0.1) is 0 Å². The molecule has 0 atom stereocenters. The Hall–Kier alpha value is -1.77. The second-order valence-electron chi connectivity index (χ2n) is 2.60. The highest BCUT2D eigenvalue weighted by atomic mass is 19.3. The highest BCUT2D eigenvalue weighted by Gasteiger charge is 2.16. The fraction of sp³-hybridized carbons (Fsp3) is 0.222. The number of rotatable bonds is 3. The van der Waals surface area contributed by atoms with Gasteiger partial charge in [0, 0.05) is 0 Å².